The van der Waals surface area contributed by atoms with Gasteiger partial charge in [0, 0.05) is 29.6 Å². The Kier molecular flexibility index (Phi) is 3.88. The van der Waals surface area contributed by atoms with Crippen LogP contribution in [0.25, 0.3) is 0 Å². The third kappa shape index (κ3) is 2.86. The second-order valence-electron chi connectivity index (χ2n) is 3.47. The van der Waals surface area contributed by atoms with E-state index in [0.717, 1.165) is 41.1 Å². The molecule has 0 atom stereocenters. The monoisotopic (exact) mass is 288 g/mol. The fourth-order valence-electron chi connectivity index (χ4n) is 1.52. The van der Waals surface area contributed by atoms with E-state index in [-0.39, 0.29) is 0 Å². The van der Waals surface area contributed by atoms with Crippen LogP contribution in [0, 0.1) is 0 Å². The maximum Gasteiger partial charge on any atom is 0.0650 e. The highest BCUT2D eigenvalue weighted by Crippen LogP contribution is 2.37. The van der Waals surface area contributed by atoms with Crippen molar-refractivity contribution in [2.24, 2.45) is 0 Å². The second kappa shape index (κ2) is 5.18. The molecule has 0 aliphatic carbocycles. The van der Waals surface area contributed by atoms with Gasteiger partial charge in [-0.2, -0.15) is 0 Å². The van der Waals surface area contributed by atoms with Gasteiger partial charge in [0.25, 0.3) is 0 Å². The molecule has 0 saturated carbocycles. The molecule has 0 radical (unpaired) electrons. The van der Waals surface area contributed by atoms with Crippen molar-refractivity contribution in [2.75, 3.05) is 18.9 Å². The van der Waals surface area contributed by atoms with Crippen molar-refractivity contribution < 1.29 is 4.74 Å². The zero-order valence-corrected chi connectivity index (χ0v) is 10.7. The fourth-order valence-corrected chi connectivity index (χ4v) is 3.27. The molecule has 1 aliphatic heterocycles. The van der Waals surface area contributed by atoms with Gasteiger partial charge in [0.05, 0.1) is 16.4 Å². The Morgan fingerprint density at radius 1 is 1.40 bits per heavy atom. The molecule has 0 aromatic carbocycles. The van der Waals surface area contributed by atoms with E-state index in [4.69, 9.17) is 10.5 Å². The van der Waals surface area contributed by atoms with E-state index in [0.29, 0.717) is 5.25 Å². The summed E-state index contributed by atoms with van der Waals surface area (Å²) < 4.78 is 6.31. The average Bonchev–Trinajstić information content (AvgIpc) is 2.25. The Hall–Kier alpha value is -0.260. The number of hydrogen-bond acceptors (Lipinski definition) is 4. The molecule has 2 rings (SSSR count). The van der Waals surface area contributed by atoms with Crippen LogP contribution < -0.4 is 5.73 Å². The smallest absolute Gasteiger partial charge is 0.0650 e. The van der Waals surface area contributed by atoms with Crippen LogP contribution in [0.3, 0.4) is 0 Å². The fraction of sp³-hybridized carbons (Fsp3) is 0.500. The summed E-state index contributed by atoms with van der Waals surface area (Å²) in [5.74, 6) is 0. The first-order valence-electron chi connectivity index (χ1n) is 4.91. The van der Waals surface area contributed by atoms with Crippen molar-refractivity contribution in [1.29, 1.82) is 0 Å². The van der Waals surface area contributed by atoms with Crippen molar-refractivity contribution in [3.63, 3.8) is 0 Å². The maximum atomic E-state index is 5.89. The molecule has 82 valence electrons. The van der Waals surface area contributed by atoms with Crippen molar-refractivity contribution in [3.8, 4) is 0 Å². The molecule has 15 heavy (non-hydrogen) atoms. The summed E-state index contributed by atoms with van der Waals surface area (Å²) in [7, 11) is 0. The third-order valence-corrected chi connectivity index (χ3v) is 4.69. The number of pyridine rings is 1. The van der Waals surface area contributed by atoms with Gasteiger partial charge in [0.15, 0.2) is 0 Å². The number of hydrogen-bond donors (Lipinski definition) is 1. The van der Waals surface area contributed by atoms with Crippen molar-refractivity contribution in [1.82, 2.24) is 4.98 Å². The minimum Gasteiger partial charge on any atom is -0.397 e. The summed E-state index contributed by atoms with van der Waals surface area (Å²) in [6.07, 6.45) is 5.68. The third-order valence-electron chi connectivity index (χ3n) is 2.33. The van der Waals surface area contributed by atoms with Gasteiger partial charge < -0.3 is 10.5 Å². The quantitative estimate of drug-likeness (QED) is 0.909. The summed E-state index contributed by atoms with van der Waals surface area (Å²) in [5, 5.41) is 0.611. The number of nitrogen functional groups attached to an aromatic ring is 1. The summed E-state index contributed by atoms with van der Waals surface area (Å²) in [6, 6.07) is 0. The van der Waals surface area contributed by atoms with E-state index < -0.39 is 0 Å². The van der Waals surface area contributed by atoms with Crippen molar-refractivity contribution >= 4 is 33.4 Å². The lowest BCUT2D eigenvalue weighted by Crippen LogP contribution is -2.17. The lowest BCUT2D eigenvalue weighted by molar-refractivity contribution is 0.100. The highest BCUT2D eigenvalue weighted by molar-refractivity contribution is 9.10. The molecule has 5 heteroatoms. The van der Waals surface area contributed by atoms with Gasteiger partial charge in [-0.3, -0.25) is 4.98 Å². The van der Waals surface area contributed by atoms with Gasteiger partial charge in [0.2, 0.25) is 0 Å². The van der Waals surface area contributed by atoms with Gasteiger partial charge in [-0.1, -0.05) is 0 Å². The molecule has 2 heterocycles. The van der Waals surface area contributed by atoms with E-state index in [9.17, 15) is 0 Å². The van der Waals surface area contributed by atoms with Crippen molar-refractivity contribution in [3.05, 3.63) is 16.9 Å². The van der Waals surface area contributed by atoms with Gasteiger partial charge in [-0.15, -0.1) is 11.8 Å². The average molecular weight is 289 g/mol. The molecular weight excluding hydrogens is 276 g/mol. The molecule has 1 aromatic heterocycles. The van der Waals surface area contributed by atoms with Crippen LogP contribution in [0.15, 0.2) is 21.8 Å². The lowest BCUT2D eigenvalue weighted by atomic mass is 10.2. The van der Waals surface area contributed by atoms with Crippen LogP contribution >= 0.6 is 27.7 Å². The maximum absolute atomic E-state index is 5.89. The van der Waals surface area contributed by atoms with Crippen LogP contribution in [-0.4, -0.2) is 23.4 Å². The van der Waals surface area contributed by atoms with Crippen LogP contribution in [-0.2, 0) is 4.74 Å². The summed E-state index contributed by atoms with van der Waals surface area (Å²) >= 11 is 5.31. The molecule has 1 aliphatic rings. The predicted molar refractivity (Wildman–Crippen MR) is 66.0 cm³/mol. The molecule has 0 bridgehead atoms. The van der Waals surface area contributed by atoms with Gasteiger partial charge in [-0.05, 0) is 28.8 Å². The summed E-state index contributed by atoms with van der Waals surface area (Å²) in [5.41, 5.74) is 6.64. The molecule has 0 spiro atoms. The van der Waals surface area contributed by atoms with Crippen LogP contribution in [0.1, 0.15) is 12.8 Å². The summed E-state index contributed by atoms with van der Waals surface area (Å²) in [4.78, 5) is 5.14. The van der Waals surface area contributed by atoms with E-state index >= 15 is 0 Å². The number of anilines is 1. The number of thioether (sulfide) groups is 1. The SMILES string of the molecule is Nc1cncc(Br)c1SC1CCOCC1. The summed E-state index contributed by atoms with van der Waals surface area (Å²) in [6.45, 7) is 1.72. The lowest BCUT2D eigenvalue weighted by Gasteiger charge is -2.22. The number of rotatable bonds is 2. The van der Waals surface area contributed by atoms with E-state index in [1.807, 2.05) is 11.8 Å². The van der Waals surface area contributed by atoms with Gasteiger partial charge in [-0.25, -0.2) is 0 Å². The zero-order valence-electron chi connectivity index (χ0n) is 8.28. The van der Waals surface area contributed by atoms with Crippen LogP contribution in [0.5, 0.6) is 0 Å². The minimum atomic E-state index is 0.611. The van der Waals surface area contributed by atoms with Gasteiger partial charge >= 0.3 is 0 Å². The molecule has 1 saturated heterocycles. The Morgan fingerprint density at radius 2 is 2.13 bits per heavy atom. The van der Waals surface area contributed by atoms with E-state index in [1.165, 1.54) is 0 Å². The molecule has 2 N–H and O–H groups in total. The standard InChI is InChI=1S/C10H13BrN2OS/c11-8-5-13-6-9(12)10(8)15-7-1-3-14-4-2-7/h5-7H,1-4,12H2. The van der Waals surface area contributed by atoms with Crippen LogP contribution in [0.2, 0.25) is 0 Å². The zero-order chi connectivity index (χ0) is 10.7. The first kappa shape index (κ1) is 11.2. The molecule has 0 unspecified atom stereocenters. The Bertz CT molecular complexity index is 322. The Balaban J connectivity index is 2.09. The Labute approximate surface area is 102 Å². The minimum absolute atomic E-state index is 0.611. The number of nitrogens with zero attached hydrogens (tertiary/aromatic N) is 1. The highest BCUT2D eigenvalue weighted by Gasteiger charge is 2.17. The topological polar surface area (TPSA) is 48.1 Å². The van der Waals surface area contributed by atoms with Crippen LogP contribution in [0.4, 0.5) is 5.69 Å². The molecule has 0 amide bonds. The number of nitrogens with two attached hydrogens (primary N) is 1. The molecule has 3 nitrogen and oxygen atoms in total. The van der Waals surface area contributed by atoms with E-state index in [1.54, 1.807) is 12.4 Å². The predicted octanol–water partition coefficient (Wildman–Crippen LogP) is 2.70. The first-order chi connectivity index (χ1) is 7.27. The largest absolute Gasteiger partial charge is 0.397 e. The normalized spacial score (nSPS) is 17.9. The molecule has 1 fully saturated rings. The highest BCUT2D eigenvalue weighted by atomic mass is 79.9. The van der Waals surface area contributed by atoms with Gasteiger partial charge in [0.1, 0.15) is 0 Å². The number of halogens is 1. The first-order valence-corrected chi connectivity index (χ1v) is 6.58. The number of ether oxygens (including phenoxy) is 1. The Morgan fingerprint density at radius 3 is 2.80 bits per heavy atom. The number of aromatic nitrogens is 1. The van der Waals surface area contributed by atoms with E-state index in [2.05, 4.69) is 20.9 Å². The second-order valence-corrected chi connectivity index (χ2v) is 5.63. The van der Waals surface area contributed by atoms with Crippen molar-refractivity contribution in [2.45, 2.75) is 23.0 Å². The molecule has 1 aromatic rings. The molecular formula is C10H13BrN2OS.